The molecule has 12 aromatic rings. The van der Waals surface area contributed by atoms with Crippen molar-refractivity contribution in [3.63, 3.8) is 0 Å². The van der Waals surface area contributed by atoms with Crippen molar-refractivity contribution < 1.29 is 0 Å². The lowest BCUT2D eigenvalue weighted by molar-refractivity contribution is 1.08. The van der Waals surface area contributed by atoms with Gasteiger partial charge in [0.25, 0.3) is 0 Å². The van der Waals surface area contributed by atoms with Gasteiger partial charge in [0.1, 0.15) is 0 Å². The molecule has 57 heavy (non-hydrogen) atoms. The van der Waals surface area contributed by atoms with Crippen LogP contribution in [-0.4, -0.2) is 19.5 Å². The zero-order valence-electron chi connectivity index (χ0n) is 30.4. The molecule has 0 saturated carbocycles. The number of rotatable bonds is 5. The number of nitrogens with zero attached hydrogens (tertiary/aromatic N) is 4. The van der Waals surface area contributed by atoms with Crippen LogP contribution in [0.25, 0.3) is 113 Å². The molecule has 0 amide bonds. The van der Waals surface area contributed by atoms with Crippen LogP contribution >= 0.6 is 22.7 Å². The van der Waals surface area contributed by atoms with Crippen LogP contribution < -0.4 is 0 Å². The van der Waals surface area contributed by atoms with E-state index in [4.69, 9.17) is 15.0 Å². The second kappa shape index (κ2) is 12.8. The van der Waals surface area contributed by atoms with E-state index in [1.54, 1.807) is 11.3 Å². The van der Waals surface area contributed by atoms with Gasteiger partial charge in [0, 0.05) is 73.5 Å². The highest BCUT2D eigenvalue weighted by Gasteiger charge is 2.19. The SMILES string of the molecule is c1ccc(-c2ccc3c4ccccc4n(-c4ccc(-c5nc(-c6ccc7sc8ccccc8c7c6)nc(-c6cccc7sc8ccccc8c67)n5)cc4)c3c2)cc1. The van der Waals surface area contributed by atoms with E-state index in [1.165, 1.54) is 73.3 Å². The maximum Gasteiger partial charge on any atom is 0.164 e. The first-order valence-corrected chi connectivity index (χ1v) is 20.6. The monoisotopic (exact) mass is 762 g/mol. The van der Waals surface area contributed by atoms with Gasteiger partial charge in [-0.1, -0.05) is 109 Å². The van der Waals surface area contributed by atoms with E-state index < -0.39 is 0 Å². The average Bonchev–Trinajstić information content (AvgIpc) is 3.96. The van der Waals surface area contributed by atoms with Crippen LogP contribution in [0.15, 0.2) is 182 Å². The van der Waals surface area contributed by atoms with Crippen molar-refractivity contribution in [2.45, 2.75) is 0 Å². The Morgan fingerprint density at radius 3 is 1.77 bits per heavy atom. The van der Waals surface area contributed by atoms with Gasteiger partial charge in [-0.2, -0.15) is 0 Å². The molecular formula is C51H30N4S2. The number of thiophene rings is 2. The topological polar surface area (TPSA) is 43.6 Å². The number of benzene rings is 8. The van der Waals surface area contributed by atoms with Crippen molar-refractivity contribution >= 4 is 84.8 Å². The van der Waals surface area contributed by atoms with E-state index in [0.717, 1.165) is 22.4 Å². The normalized spacial score (nSPS) is 11.9. The van der Waals surface area contributed by atoms with Gasteiger partial charge in [0.05, 0.1) is 11.0 Å². The number of fused-ring (bicyclic) bond motifs is 9. The lowest BCUT2D eigenvalue weighted by Crippen LogP contribution is -2.01. The van der Waals surface area contributed by atoms with E-state index in [-0.39, 0.29) is 0 Å². The summed E-state index contributed by atoms with van der Waals surface area (Å²) in [6.07, 6.45) is 0. The van der Waals surface area contributed by atoms with Gasteiger partial charge < -0.3 is 4.57 Å². The molecule has 0 unspecified atom stereocenters. The summed E-state index contributed by atoms with van der Waals surface area (Å²) in [5, 5.41) is 7.32. The van der Waals surface area contributed by atoms with Crippen LogP contribution in [0.1, 0.15) is 0 Å². The maximum absolute atomic E-state index is 5.25. The summed E-state index contributed by atoms with van der Waals surface area (Å²) in [4.78, 5) is 15.7. The summed E-state index contributed by atoms with van der Waals surface area (Å²) in [6.45, 7) is 0. The molecule has 12 rings (SSSR count). The summed E-state index contributed by atoms with van der Waals surface area (Å²) in [5.74, 6) is 1.96. The fourth-order valence-corrected chi connectivity index (χ4v) is 10.6. The second-order valence-corrected chi connectivity index (χ2v) is 16.6. The van der Waals surface area contributed by atoms with Gasteiger partial charge in [-0.25, -0.2) is 15.0 Å². The minimum absolute atomic E-state index is 0.641. The van der Waals surface area contributed by atoms with Crippen molar-refractivity contribution in [3.8, 4) is 51.0 Å². The molecule has 6 heteroatoms. The highest BCUT2D eigenvalue weighted by atomic mass is 32.1. The molecule has 0 fully saturated rings. The highest BCUT2D eigenvalue weighted by Crippen LogP contribution is 2.41. The third-order valence-corrected chi connectivity index (χ3v) is 13.4. The number of hydrogen-bond acceptors (Lipinski definition) is 5. The van der Waals surface area contributed by atoms with Crippen molar-refractivity contribution in [1.29, 1.82) is 0 Å². The Kier molecular flexibility index (Phi) is 7.24. The van der Waals surface area contributed by atoms with Crippen molar-refractivity contribution in [2.24, 2.45) is 0 Å². The van der Waals surface area contributed by atoms with Gasteiger partial charge in [-0.15, -0.1) is 22.7 Å². The van der Waals surface area contributed by atoms with Crippen LogP contribution in [0.2, 0.25) is 0 Å². The zero-order chi connectivity index (χ0) is 37.5. The lowest BCUT2D eigenvalue weighted by atomic mass is 10.0. The van der Waals surface area contributed by atoms with Crippen LogP contribution in [0.3, 0.4) is 0 Å². The molecule has 0 aliphatic heterocycles. The van der Waals surface area contributed by atoms with Gasteiger partial charge in [0.2, 0.25) is 0 Å². The van der Waals surface area contributed by atoms with Gasteiger partial charge >= 0.3 is 0 Å². The first-order valence-electron chi connectivity index (χ1n) is 19.0. The summed E-state index contributed by atoms with van der Waals surface area (Å²) in [5.41, 5.74) is 8.71. The van der Waals surface area contributed by atoms with Gasteiger partial charge in [-0.05, 0) is 83.9 Å². The fraction of sp³-hybridized carbons (Fsp3) is 0. The van der Waals surface area contributed by atoms with E-state index >= 15 is 0 Å². The Labute approximate surface area is 335 Å². The Morgan fingerprint density at radius 2 is 0.930 bits per heavy atom. The van der Waals surface area contributed by atoms with Gasteiger partial charge in [-0.3, -0.25) is 0 Å². The molecule has 0 radical (unpaired) electrons. The summed E-state index contributed by atoms with van der Waals surface area (Å²) in [7, 11) is 0. The average molecular weight is 763 g/mol. The summed E-state index contributed by atoms with van der Waals surface area (Å²) < 4.78 is 7.36. The first kappa shape index (κ1) is 32.3. The molecule has 0 N–H and O–H groups in total. The third kappa shape index (κ3) is 5.22. The second-order valence-electron chi connectivity index (χ2n) is 14.4. The Balaban J connectivity index is 1.04. The van der Waals surface area contributed by atoms with Gasteiger partial charge in [0.15, 0.2) is 17.5 Å². The molecule has 266 valence electrons. The summed E-state index contributed by atoms with van der Waals surface area (Å²) in [6, 6.07) is 65.0. The minimum atomic E-state index is 0.641. The molecule has 4 nitrogen and oxygen atoms in total. The smallest absolute Gasteiger partial charge is 0.164 e. The molecule has 0 spiro atoms. The fourth-order valence-electron chi connectivity index (χ4n) is 8.40. The lowest BCUT2D eigenvalue weighted by Gasteiger charge is -2.12. The number of aromatic nitrogens is 4. The van der Waals surface area contributed by atoms with Crippen LogP contribution in [0.4, 0.5) is 0 Å². The Morgan fingerprint density at radius 1 is 0.333 bits per heavy atom. The maximum atomic E-state index is 5.25. The predicted octanol–water partition coefficient (Wildman–Crippen LogP) is 14.4. The predicted molar refractivity (Wildman–Crippen MR) is 242 cm³/mol. The van der Waals surface area contributed by atoms with Crippen molar-refractivity contribution in [2.75, 3.05) is 0 Å². The Bertz CT molecular complexity index is 3520. The Hall–Kier alpha value is -6.99. The number of hydrogen-bond donors (Lipinski definition) is 0. The van der Waals surface area contributed by atoms with Crippen LogP contribution in [0.5, 0.6) is 0 Å². The van der Waals surface area contributed by atoms with Crippen molar-refractivity contribution in [1.82, 2.24) is 19.5 Å². The molecule has 0 saturated heterocycles. The summed E-state index contributed by atoms with van der Waals surface area (Å²) >= 11 is 3.62. The molecule has 4 aromatic heterocycles. The standard InChI is InChI=1S/C51H30N4S2/c1-2-11-31(12-3-1)33-23-27-37-36-13-4-7-17-42(36)55(43(37)30-33)35-25-21-32(22-26-35)49-52-50(34-24-28-46-41(29-34)38-14-5-8-18-44(38)56-46)54-51(53-49)40-16-10-20-47-48(40)39-15-6-9-19-45(39)57-47/h1-30H. The van der Waals surface area contributed by atoms with Crippen LogP contribution in [-0.2, 0) is 0 Å². The quantitative estimate of drug-likeness (QED) is 0.175. The van der Waals surface area contributed by atoms with E-state index in [2.05, 4.69) is 187 Å². The molecule has 0 atom stereocenters. The molecule has 0 aliphatic carbocycles. The van der Waals surface area contributed by atoms with Crippen LogP contribution in [0, 0.1) is 0 Å². The zero-order valence-corrected chi connectivity index (χ0v) is 32.1. The van der Waals surface area contributed by atoms with E-state index in [0.29, 0.717) is 17.5 Å². The molecule has 4 heterocycles. The molecular weight excluding hydrogens is 733 g/mol. The minimum Gasteiger partial charge on any atom is -0.309 e. The number of para-hydroxylation sites is 1. The third-order valence-electron chi connectivity index (χ3n) is 11.1. The van der Waals surface area contributed by atoms with Crippen molar-refractivity contribution in [3.05, 3.63) is 182 Å². The highest BCUT2D eigenvalue weighted by molar-refractivity contribution is 7.26. The van der Waals surface area contributed by atoms with E-state index in [9.17, 15) is 0 Å². The molecule has 8 aromatic carbocycles. The van der Waals surface area contributed by atoms with E-state index in [1.807, 2.05) is 11.3 Å². The molecule has 0 bridgehead atoms. The molecule has 0 aliphatic rings. The first-order chi connectivity index (χ1) is 28.2. The largest absolute Gasteiger partial charge is 0.309 e.